The quantitative estimate of drug-likeness (QED) is 0.735. The summed E-state index contributed by atoms with van der Waals surface area (Å²) in [5.74, 6) is 2.19. The number of ether oxygens (including phenoxy) is 2. The highest BCUT2D eigenvalue weighted by Gasteiger charge is 2.16. The Bertz CT molecular complexity index is 1010. The van der Waals surface area contributed by atoms with E-state index in [4.69, 9.17) is 9.47 Å². The predicted octanol–water partition coefficient (Wildman–Crippen LogP) is 3.40. The molecule has 2 aromatic carbocycles. The van der Waals surface area contributed by atoms with Gasteiger partial charge in [0.2, 0.25) is 6.79 Å². The van der Waals surface area contributed by atoms with Gasteiger partial charge >= 0.3 is 0 Å². The lowest BCUT2D eigenvalue weighted by atomic mass is 10.2. The van der Waals surface area contributed by atoms with Crippen LogP contribution in [0.3, 0.4) is 0 Å². The summed E-state index contributed by atoms with van der Waals surface area (Å²) in [7, 11) is 1.94. The SMILES string of the molecule is Cc1nc(C(=O)Nc2ccc3c(c2)OCO3)cc(N(C)Cc2ccccc2)n1. The third-order valence-electron chi connectivity index (χ3n) is 4.34. The van der Waals surface area contributed by atoms with Crippen molar-refractivity contribution in [1.29, 1.82) is 0 Å². The second kappa shape index (κ2) is 7.56. The molecule has 28 heavy (non-hydrogen) atoms. The molecule has 4 rings (SSSR count). The number of carbonyl (C=O) groups is 1. The minimum absolute atomic E-state index is 0.189. The van der Waals surface area contributed by atoms with Crippen molar-refractivity contribution in [3.8, 4) is 11.5 Å². The van der Waals surface area contributed by atoms with Crippen LogP contribution < -0.4 is 19.7 Å². The molecule has 1 aliphatic heterocycles. The van der Waals surface area contributed by atoms with E-state index in [0.29, 0.717) is 41.1 Å². The normalized spacial score (nSPS) is 11.9. The fraction of sp³-hybridized carbons (Fsp3) is 0.190. The molecule has 0 saturated carbocycles. The van der Waals surface area contributed by atoms with Gasteiger partial charge in [-0.05, 0) is 24.6 Å². The van der Waals surface area contributed by atoms with Crippen LogP contribution in [0.25, 0.3) is 0 Å². The van der Waals surface area contributed by atoms with Crippen molar-refractivity contribution in [2.24, 2.45) is 0 Å². The van der Waals surface area contributed by atoms with Crippen LogP contribution in [-0.2, 0) is 6.54 Å². The van der Waals surface area contributed by atoms with Crippen LogP contribution in [0.1, 0.15) is 21.9 Å². The van der Waals surface area contributed by atoms with Crippen molar-refractivity contribution in [3.63, 3.8) is 0 Å². The molecule has 7 nitrogen and oxygen atoms in total. The van der Waals surface area contributed by atoms with Gasteiger partial charge in [-0.2, -0.15) is 0 Å². The first-order valence-electron chi connectivity index (χ1n) is 8.90. The van der Waals surface area contributed by atoms with Crippen molar-refractivity contribution < 1.29 is 14.3 Å². The highest BCUT2D eigenvalue weighted by atomic mass is 16.7. The van der Waals surface area contributed by atoms with Gasteiger partial charge in [0, 0.05) is 31.4 Å². The first kappa shape index (κ1) is 17.8. The molecule has 2 heterocycles. The highest BCUT2D eigenvalue weighted by molar-refractivity contribution is 6.03. The number of rotatable bonds is 5. The Morgan fingerprint density at radius 2 is 1.86 bits per heavy atom. The summed E-state index contributed by atoms with van der Waals surface area (Å²) < 4.78 is 10.6. The topological polar surface area (TPSA) is 76.6 Å². The first-order valence-corrected chi connectivity index (χ1v) is 8.90. The van der Waals surface area contributed by atoms with Crippen LogP contribution in [0.4, 0.5) is 11.5 Å². The fourth-order valence-corrected chi connectivity index (χ4v) is 2.97. The third kappa shape index (κ3) is 3.88. The molecule has 1 aromatic heterocycles. The summed E-state index contributed by atoms with van der Waals surface area (Å²) in [6.07, 6.45) is 0. The average Bonchev–Trinajstić information content (AvgIpc) is 3.16. The molecule has 142 valence electrons. The second-order valence-corrected chi connectivity index (χ2v) is 6.52. The molecule has 0 bridgehead atoms. The van der Waals surface area contributed by atoms with Crippen LogP contribution >= 0.6 is 0 Å². The van der Waals surface area contributed by atoms with E-state index >= 15 is 0 Å². The summed E-state index contributed by atoms with van der Waals surface area (Å²) in [4.78, 5) is 23.4. The van der Waals surface area contributed by atoms with Gasteiger partial charge in [-0.1, -0.05) is 30.3 Å². The van der Waals surface area contributed by atoms with E-state index in [1.165, 1.54) is 0 Å². The third-order valence-corrected chi connectivity index (χ3v) is 4.34. The number of aryl methyl sites for hydroxylation is 1. The molecular weight excluding hydrogens is 356 g/mol. The lowest BCUT2D eigenvalue weighted by Gasteiger charge is -2.19. The molecule has 0 fully saturated rings. The summed E-state index contributed by atoms with van der Waals surface area (Å²) in [6.45, 7) is 2.65. The smallest absolute Gasteiger partial charge is 0.274 e. The van der Waals surface area contributed by atoms with Gasteiger partial charge in [-0.25, -0.2) is 9.97 Å². The Morgan fingerprint density at radius 3 is 2.68 bits per heavy atom. The largest absolute Gasteiger partial charge is 0.454 e. The van der Waals surface area contributed by atoms with E-state index in [1.807, 2.05) is 30.1 Å². The van der Waals surface area contributed by atoms with Crippen LogP contribution in [0, 0.1) is 6.92 Å². The van der Waals surface area contributed by atoms with E-state index < -0.39 is 0 Å². The van der Waals surface area contributed by atoms with Gasteiger partial charge in [0.25, 0.3) is 5.91 Å². The molecule has 0 atom stereocenters. The zero-order valence-electron chi connectivity index (χ0n) is 15.7. The molecule has 1 aliphatic rings. The number of hydrogen-bond donors (Lipinski definition) is 1. The zero-order valence-corrected chi connectivity index (χ0v) is 15.7. The molecule has 1 amide bonds. The Balaban J connectivity index is 1.52. The van der Waals surface area contributed by atoms with Crippen LogP contribution in [0.2, 0.25) is 0 Å². The Labute approximate surface area is 163 Å². The minimum atomic E-state index is -0.307. The predicted molar refractivity (Wildman–Crippen MR) is 106 cm³/mol. The molecule has 0 spiro atoms. The van der Waals surface area contributed by atoms with Gasteiger partial charge in [-0.3, -0.25) is 4.79 Å². The van der Waals surface area contributed by atoms with Gasteiger partial charge < -0.3 is 19.7 Å². The number of hydrogen-bond acceptors (Lipinski definition) is 6. The highest BCUT2D eigenvalue weighted by Crippen LogP contribution is 2.34. The molecule has 0 aliphatic carbocycles. The van der Waals surface area contributed by atoms with Crippen molar-refractivity contribution in [1.82, 2.24) is 9.97 Å². The van der Waals surface area contributed by atoms with Gasteiger partial charge in [0.05, 0.1) is 0 Å². The number of nitrogens with zero attached hydrogens (tertiary/aromatic N) is 3. The summed E-state index contributed by atoms with van der Waals surface area (Å²) in [5.41, 5.74) is 2.08. The van der Waals surface area contributed by atoms with E-state index in [9.17, 15) is 4.79 Å². The van der Waals surface area contributed by atoms with Crippen molar-refractivity contribution in [3.05, 3.63) is 71.7 Å². The van der Waals surface area contributed by atoms with E-state index in [0.717, 1.165) is 5.56 Å². The number of fused-ring (bicyclic) bond motifs is 1. The average molecular weight is 376 g/mol. The number of benzene rings is 2. The van der Waals surface area contributed by atoms with Crippen molar-refractivity contribution in [2.45, 2.75) is 13.5 Å². The van der Waals surface area contributed by atoms with Gasteiger partial charge in [-0.15, -0.1) is 0 Å². The fourth-order valence-electron chi connectivity index (χ4n) is 2.97. The van der Waals surface area contributed by atoms with Crippen LogP contribution in [0.5, 0.6) is 11.5 Å². The molecule has 3 aromatic rings. The zero-order chi connectivity index (χ0) is 19.5. The monoisotopic (exact) mass is 376 g/mol. The van der Waals surface area contributed by atoms with Gasteiger partial charge in [0.15, 0.2) is 11.5 Å². The van der Waals surface area contributed by atoms with Crippen LogP contribution in [-0.4, -0.2) is 29.7 Å². The molecule has 7 heteroatoms. The van der Waals surface area contributed by atoms with E-state index in [-0.39, 0.29) is 12.7 Å². The maximum Gasteiger partial charge on any atom is 0.274 e. The Hall–Kier alpha value is -3.61. The molecular formula is C21H20N4O3. The molecule has 0 saturated heterocycles. The van der Waals surface area contributed by atoms with Crippen LogP contribution in [0.15, 0.2) is 54.6 Å². The summed E-state index contributed by atoms with van der Waals surface area (Å²) >= 11 is 0. The maximum absolute atomic E-state index is 12.7. The maximum atomic E-state index is 12.7. The van der Waals surface area contributed by atoms with Gasteiger partial charge in [0.1, 0.15) is 17.3 Å². The number of amides is 1. The molecule has 0 unspecified atom stereocenters. The number of nitrogens with one attached hydrogen (secondary N) is 1. The molecule has 0 radical (unpaired) electrons. The van der Waals surface area contributed by atoms with E-state index in [1.54, 1.807) is 31.2 Å². The minimum Gasteiger partial charge on any atom is -0.454 e. The second-order valence-electron chi connectivity index (χ2n) is 6.52. The Kier molecular flexibility index (Phi) is 4.80. The van der Waals surface area contributed by atoms with Crippen molar-refractivity contribution >= 4 is 17.4 Å². The summed E-state index contributed by atoms with van der Waals surface area (Å²) in [5, 5.41) is 2.85. The number of anilines is 2. The molecule has 1 N–H and O–H groups in total. The van der Waals surface area contributed by atoms with Crippen molar-refractivity contribution in [2.75, 3.05) is 24.1 Å². The Morgan fingerprint density at radius 1 is 1.07 bits per heavy atom. The number of aromatic nitrogens is 2. The first-order chi connectivity index (χ1) is 13.6. The lowest BCUT2D eigenvalue weighted by Crippen LogP contribution is -2.21. The summed E-state index contributed by atoms with van der Waals surface area (Å²) in [6, 6.07) is 17.0. The standard InChI is InChI=1S/C21H20N4O3/c1-14-22-17(11-20(23-14)25(2)12-15-6-4-3-5-7-15)21(26)24-16-8-9-18-19(10-16)28-13-27-18/h3-11H,12-13H2,1-2H3,(H,24,26). The lowest BCUT2D eigenvalue weighted by molar-refractivity contribution is 0.102. The number of carbonyl (C=O) groups excluding carboxylic acids is 1. The van der Waals surface area contributed by atoms with E-state index in [2.05, 4.69) is 27.4 Å².